The van der Waals surface area contributed by atoms with E-state index in [9.17, 15) is 15.0 Å². The van der Waals surface area contributed by atoms with Gasteiger partial charge in [0.15, 0.2) is 0 Å². The summed E-state index contributed by atoms with van der Waals surface area (Å²) < 4.78 is 10.7. The van der Waals surface area contributed by atoms with E-state index < -0.39 is 18.2 Å². The Morgan fingerprint density at radius 3 is 2.80 bits per heavy atom. The number of carbonyl (C=O) groups excluding carboxylic acids is 1. The molecule has 0 saturated carbocycles. The fraction of sp³-hybridized carbons (Fsp3) is 0.632. The van der Waals surface area contributed by atoms with Crippen molar-refractivity contribution < 1.29 is 24.5 Å². The van der Waals surface area contributed by atoms with Crippen LogP contribution in [0, 0.1) is 6.92 Å². The first-order valence-electron chi connectivity index (χ1n) is 8.84. The number of nitrogens with zero attached hydrogens (tertiary/aromatic N) is 1. The molecule has 0 spiro atoms. The van der Waals surface area contributed by atoms with Crippen LogP contribution in [0.4, 0.5) is 0 Å². The topological polar surface area (TPSA) is 79.2 Å². The quantitative estimate of drug-likeness (QED) is 0.774. The number of aliphatic hydroxyl groups is 2. The van der Waals surface area contributed by atoms with Crippen LogP contribution in [0.2, 0.25) is 0 Å². The highest BCUT2D eigenvalue weighted by Crippen LogP contribution is 2.21. The molecule has 1 amide bonds. The van der Waals surface area contributed by atoms with Gasteiger partial charge in [-0.2, -0.15) is 0 Å². The largest absolute Gasteiger partial charge is 0.496 e. The molecule has 1 heterocycles. The molecule has 0 aliphatic carbocycles. The molecule has 0 aromatic heterocycles. The Morgan fingerprint density at radius 2 is 2.12 bits per heavy atom. The summed E-state index contributed by atoms with van der Waals surface area (Å²) in [5.74, 6) is 0.776. The molecular formula is C19H29NO5. The average molecular weight is 351 g/mol. The summed E-state index contributed by atoms with van der Waals surface area (Å²) in [6.07, 6.45) is -0.201. The Kier molecular flexibility index (Phi) is 7.23. The highest BCUT2D eigenvalue weighted by molar-refractivity contribution is 5.77. The maximum absolute atomic E-state index is 12.7. The van der Waals surface area contributed by atoms with Gasteiger partial charge in [-0.25, -0.2) is 0 Å². The normalized spacial score (nSPS) is 23.3. The Morgan fingerprint density at radius 1 is 1.36 bits per heavy atom. The van der Waals surface area contributed by atoms with E-state index in [4.69, 9.17) is 9.47 Å². The molecule has 1 aliphatic rings. The van der Waals surface area contributed by atoms with Crippen molar-refractivity contribution in [1.29, 1.82) is 0 Å². The lowest BCUT2D eigenvalue weighted by Gasteiger charge is -2.39. The summed E-state index contributed by atoms with van der Waals surface area (Å²) >= 11 is 0. The molecule has 3 atom stereocenters. The smallest absolute Gasteiger partial charge is 0.223 e. The number of amides is 1. The number of carbonyl (C=O) groups is 1. The number of aryl methyl sites for hydroxylation is 2. The second-order valence-corrected chi connectivity index (χ2v) is 6.55. The van der Waals surface area contributed by atoms with Gasteiger partial charge >= 0.3 is 0 Å². The number of ether oxygens (including phenoxy) is 2. The standard InChI is InChI=1S/C19H29NO5/c1-4-9-20(15-11-25-12-16(21)19(15)23)18(22)8-7-14-6-5-13(2)17(10-14)24-3/h5-6,10,15-16,19,21,23H,4,7-9,11-12H2,1-3H3/t15-,16-,19+/m1/s1. The number of hydrogen-bond donors (Lipinski definition) is 2. The van der Waals surface area contributed by atoms with Gasteiger partial charge in [0.05, 0.1) is 26.4 Å². The van der Waals surface area contributed by atoms with E-state index in [-0.39, 0.29) is 19.1 Å². The molecule has 1 aliphatic heterocycles. The molecule has 1 saturated heterocycles. The summed E-state index contributed by atoms with van der Waals surface area (Å²) in [6.45, 7) is 4.86. The Labute approximate surface area is 149 Å². The predicted molar refractivity (Wildman–Crippen MR) is 94.7 cm³/mol. The van der Waals surface area contributed by atoms with Crippen LogP contribution in [-0.4, -0.2) is 66.1 Å². The third-order valence-corrected chi connectivity index (χ3v) is 4.65. The number of rotatable bonds is 7. The van der Waals surface area contributed by atoms with Crippen molar-refractivity contribution in [2.45, 2.75) is 51.4 Å². The molecular weight excluding hydrogens is 322 g/mol. The van der Waals surface area contributed by atoms with Crippen molar-refractivity contribution in [1.82, 2.24) is 4.90 Å². The first-order chi connectivity index (χ1) is 12.0. The fourth-order valence-corrected chi connectivity index (χ4v) is 3.17. The number of aliphatic hydroxyl groups excluding tert-OH is 2. The van der Waals surface area contributed by atoms with E-state index in [1.807, 2.05) is 32.0 Å². The highest BCUT2D eigenvalue weighted by Gasteiger charge is 2.36. The lowest BCUT2D eigenvalue weighted by Crippen LogP contribution is -2.57. The van der Waals surface area contributed by atoms with Crippen LogP contribution in [0.5, 0.6) is 5.75 Å². The monoisotopic (exact) mass is 351 g/mol. The maximum Gasteiger partial charge on any atom is 0.223 e. The minimum Gasteiger partial charge on any atom is -0.496 e. The number of methoxy groups -OCH3 is 1. The zero-order chi connectivity index (χ0) is 18.4. The lowest BCUT2D eigenvalue weighted by atomic mass is 10.0. The van der Waals surface area contributed by atoms with Gasteiger partial charge in [0.1, 0.15) is 18.0 Å². The fourth-order valence-electron chi connectivity index (χ4n) is 3.17. The maximum atomic E-state index is 12.7. The summed E-state index contributed by atoms with van der Waals surface area (Å²) in [6, 6.07) is 5.44. The lowest BCUT2D eigenvalue weighted by molar-refractivity contribution is -0.156. The van der Waals surface area contributed by atoms with E-state index in [2.05, 4.69) is 0 Å². The van der Waals surface area contributed by atoms with Crippen LogP contribution >= 0.6 is 0 Å². The van der Waals surface area contributed by atoms with Gasteiger partial charge in [-0.05, 0) is 37.0 Å². The predicted octanol–water partition coefficient (Wildman–Crippen LogP) is 1.30. The van der Waals surface area contributed by atoms with E-state index in [1.165, 1.54) is 0 Å². The SMILES string of the molecule is CCCN(C(=O)CCc1ccc(C)c(OC)c1)[C@@H]1COC[C@@H](O)[C@H]1O. The van der Waals surface area contributed by atoms with E-state index >= 15 is 0 Å². The van der Waals surface area contributed by atoms with E-state index in [0.29, 0.717) is 19.4 Å². The Balaban J connectivity index is 2.02. The van der Waals surface area contributed by atoms with Crippen LogP contribution in [0.1, 0.15) is 30.9 Å². The second kappa shape index (κ2) is 9.17. The van der Waals surface area contributed by atoms with Gasteiger partial charge in [-0.1, -0.05) is 19.1 Å². The number of hydrogen-bond acceptors (Lipinski definition) is 5. The van der Waals surface area contributed by atoms with E-state index in [1.54, 1.807) is 12.0 Å². The molecule has 1 aromatic rings. The average Bonchev–Trinajstić information content (AvgIpc) is 2.61. The molecule has 0 radical (unpaired) electrons. The zero-order valence-corrected chi connectivity index (χ0v) is 15.3. The van der Waals surface area contributed by atoms with Crippen molar-refractivity contribution >= 4 is 5.91 Å². The molecule has 6 nitrogen and oxygen atoms in total. The van der Waals surface area contributed by atoms with Gasteiger partial charge in [-0.3, -0.25) is 4.79 Å². The molecule has 25 heavy (non-hydrogen) atoms. The van der Waals surface area contributed by atoms with E-state index in [0.717, 1.165) is 23.3 Å². The minimum atomic E-state index is -0.969. The van der Waals surface area contributed by atoms with Crippen LogP contribution in [0.3, 0.4) is 0 Å². The van der Waals surface area contributed by atoms with Crippen molar-refractivity contribution in [2.24, 2.45) is 0 Å². The van der Waals surface area contributed by atoms with Gasteiger partial charge in [0.25, 0.3) is 0 Å². The van der Waals surface area contributed by atoms with Crippen LogP contribution in [0.25, 0.3) is 0 Å². The third-order valence-electron chi connectivity index (χ3n) is 4.65. The molecule has 1 fully saturated rings. The Bertz CT molecular complexity index is 577. The minimum absolute atomic E-state index is 0.0388. The molecule has 140 valence electrons. The van der Waals surface area contributed by atoms with Crippen molar-refractivity contribution in [2.75, 3.05) is 26.9 Å². The van der Waals surface area contributed by atoms with Crippen LogP contribution in [-0.2, 0) is 16.0 Å². The highest BCUT2D eigenvalue weighted by atomic mass is 16.5. The van der Waals surface area contributed by atoms with Gasteiger partial charge in [-0.15, -0.1) is 0 Å². The molecule has 1 aromatic carbocycles. The summed E-state index contributed by atoms with van der Waals surface area (Å²) in [5, 5.41) is 20.0. The summed E-state index contributed by atoms with van der Waals surface area (Å²) in [7, 11) is 1.63. The first kappa shape index (κ1) is 19.7. The zero-order valence-electron chi connectivity index (χ0n) is 15.3. The van der Waals surface area contributed by atoms with Crippen LogP contribution < -0.4 is 4.74 Å². The summed E-state index contributed by atoms with van der Waals surface area (Å²) in [4.78, 5) is 14.4. The molecule has 2 rings (SSSR count). The van der Waals surface area contributed by atoms with Crippen molar-refractivity contribution in [3.05, 3.63) is 29.3 Å². The molecule has 0 unspecified atom stereocenters. The van der Waals surface area contributed by atoms with Gasteiger partial charge in [0.2, 0.25) is 5.91 Å². The molecule has 2 N–H and O–H groups in total. The molecule has 0 bridgehead atoms. The first-order valence-corrected chi connectivity index (χ1v) is 8.84. The third kappa shape index (κ3) is 4.93. The van der Waals surface area contributed by atoms with Crippen molar-refractivity contribution in [3.8, 4) is 5.75 Å². The Hall–Kier alpha value is -1.63. The van der Waals surface area contributed by atoms with Crippen LogP contribution in [0.15, 0.2) is 18.2 Å². The van der Waals surface area contributed by atoms with Gasteiger partial charge in [0, 0.05) is 13.0 Å². The molecule has 6 heteroatoms. The second-order valence-electron chi connectivity index (χ2n) is 6.55. The van der Waals surface area contributed by atoms with Crippen molar-refractivity contribution in [3.63, 3.8) is 0 Å². The summed E-state index contributed by atoms with van der Waals surface area (Å²) in [5.41, 5.74) is 2.09. The van der Waals surface area contributed by atoms with Gasteiger partial charge < -0.3 is 24.6 Å². The number of benzene rings is 1.